The number of aryl methyl sites for hydroxylation is 1. The second-order valence-corrected chi connectivity index (χ2v) is 9.62. The number of likely N-dealkylation sites (tertiary alicyclic amines) is 1. The van der Waals surface area contributed by atoms with Crippen LogP contribution in [0.5, 0.6) is 0 Å². The lowest BCUT2D eigenvalue weighted by atomic mass is 9.98. The molecule has 2 atom stereocenters. The number of ether oxygens (including phenoxy) is 2. The number of nitrogens with zero attached hydrogens (tertiary/aromatic N) is 1. The first-order chi connectivity index (χ1) is 12.8. The van der Waals surface area contributed by atoms with Crippen molar-refractivity contribution in [1.29, 1.82) is 0 Å². The van der Waals surface area contributed by atoms with E-state index in [-0.39, 0.29) is 17.9 Å². The van der Waals surface area contributed by atoms with Crippen molar-refractivity contribution in [2.75, 3.05) is 13.7 Å². The number of hydrogen-bond donors (Lipinski definition) is 0. The van der Waals surface area contributed by atoms with E-state index in [1.807, 2.05) is 6.92 Å². The minimum Gasteiger partial charge on any atom is -0.467 e. The van der Waals surface area contributed by atoms with Gasteiger partial charge in [-0.2, -0.15) is 8.42 Å². The van der Waals surface area contributed by atoms with Gasteiger partial charge in [-0.05, 0) is 46.8 Å². The monoisotopic (exact) mass is 413 g/mol. The fourth-order valence-electron chi connectivity index (χ4n) is 3.03. The fraction of sp³-hybridized carbons (Fsp3) is 0.579. The van der Waals surface area contributed by atoms with Gasteiger partial charge in [-0.15, -0.1) is 0 Å². The van der Waals surface area contributed by atoms with Gasteiger partial charge in [-0.1, -0.05) is 17.7 Å². The smallest absolute Gasteiger partial charge is 0.411 e. The van der Waals surface area contributed by atoms with Crippen molar-refractivity contribution in [3.05, 3.63) is 29.8 Å². The summed E-state index contributed by atoms with van der Waals surface area (Å²) >= 11 is 0. The van der Waals surface area contributed by atoms with E-state index in [9.17, 15) is 18.0 Å². The first-order valence-corrected chi connectivity index (χ1v) is 10.3. The SMILES string of the molecule is COC(=O)[C@]1(C)C[C@@H](OS(=O)(=O)c2ccc(C)cc2)CN1C(=O)OC(C)(C)C. The second kappa shape index (κ2) is 7.71. The molecule has 1 amide bonds. The van der Waals surface area contributed by atoms with Gasteiger partial charge in [0, 0.05) is 6.42 Å². The summed E-state index contributed by atoms with van der Waals surface area (Å²) < 4.78 is 40.7. The van der Waals surface area contributed by atoms with Crippen molar-refractivity contribution in [2.45, 2.75) is 63.2 Å². The van der Waals surface area contributed by atoms with Crippen LogP contribution in [0.1, 0.15) is 39.7 Å². The predicted octanol–water partition coefficient (Wildman–Crippen LogP) is 2.64. The van der Waals surface area contributed by atoms with Crippen molar-refractivity contribution in [3.63, 3.8) is 0 Å². The zero-order valence-electron chi connectivity index (χ0n) is 17.0. The highest BCUT2D eigenvalue weighted by atomic mass is 32.2. The van der Waals surface area contributed by atoms with Gasteiger partial charge in [0.05, 0.1) is 24.7 Å². The maximum Gasteiger partial charge on any atom is 0.411 e. The molecule has 28 heavy (non-hydrogen) atoms. The molecule has 0 aromatic heterocycles. The lowest BCUT2D eigenvalue weighted by molar-refractivity contribution is -0.152. The van der Waals surface area contributed by atoms with Crippen LogP contribution in [-0.4, -0.2) is 56.3 Å². The summed E-state index contributed by atoms with van der Waals surface area (Å²) in [5, 5.41) is 0. The number of carbonyl (C=O) groups excluding carboxylic acids is 2. The Labute approximate surface area is 165 Å². The molecule has 1 aromatic carbocycles. The van der Waals surface area contributed by atoms with E-state index in [0.29, 0.717) is 0 Å². The summed E-state index contributed by atoms with van der Waals surface area (Å²) in [7, 11) is -2.85. The highest BCUT2D eigenvalue weighted by Crippen LogP contribution is 2.35. The predicted molar refractivity (Wildman–Crippen MR) is 101 cm³/mol. The summed E-state index contributed by atoms with van der Waals surface area (Å²) in [5.74, 6) is -0.669. The largest absolute Gasteiger partial charge is 0.467 e. The van der Waals surface area contributed by atoms with Crippen LogP contribution < -0.4 is 0 Å². The number of amides is 1. The Morgan fingerprint density at radius 3 is 2.25 bits per heavy atom. The molecule has 0 aliphatic carbocycles. The van der Waals surface area contributed by atoms with Crippen LogP contribution in [0.3, 0.4) is 0 Å². The zero-order valence-corrected chi connectivity index (χ0v) is 17.8. The van der Waals surface area contributed by atoms with E-state index in [4.69, 9.17) is 13.7 Å². The third-order valence-electron chi connectivity index (χ3n) is 4.42. The zero-order chi connectivity index (χ0) is 21.3. The topological polar surface area (TPSA) is 99.2 Å². The average Bonchev–Trinajstić information content (AvgIpc) is 2.90. The van der Waals surface area contributed by atoms with Crippen molar-refractivity contribution >= 4 is 22.2 Å². The average molecular weight is 413 g/mol. The summed E-state index contributed by atoms with van der Waals surface area (Å²) in [4.78, 5) is 26.1. The highest BCUT2D eigenvalue weighted by Gasteiger charge is 2.53. The van der Waals surface area contributed by atoms with E-state index >= 15 is 0 Å². The Hall–Kier alpha value is -2.13. The Balaban J connectivity index is 2.26. The quantitative estimate of drug-likeness (QED) is 0.553. The first-order valence-electron chi connectivity index (χ1n) is 8.87. The molecular weight excluding hydrogens is 386 g/mol. The molecule has 0 saturated carbocycles. The summed E-state index contributed by atoms with van der Waals surface area (Å²) in [6.45, 7) is 8.33. The van der Waals surface area contributed by atoms with Gasteiger partial charge in [0.15, 0.2) is 0 Å². The van der Waals surface area contributed by atoms with E-state index in [1.54, 1.807) is 32.9 Å². The van der Waals surface area contributed by atoms with Gasteiger partial charge in [-0.3, -0.25) is 9.08 Å². The Morgan fingerprint density at radius 2 is 1.75 bits per heavy atom. The Bertz CT molecular complexity index is 842. The van der Waals surface area contributed by atoms with Crippen molar-refractivity contribution in [2.24, 2.45) is 0 Å². The highest BCUT2D eigenvalue weighted by molar-refractivity contribution is 7.86. The molecule has 0 unspecified atom stereocenters. The molecule has 1 fully saturated rings. The van der Waals surface area contributed by atoms with Crippen molar-refractivity contribution in [3.8, 4) is 0 Å². The molecule has 1 aliphatic rings. The van der Waals surface area contributed by atoms with Crippen LogP contribution in [0.2, 0.25) is 0 Å². The molecule has 0 spiro atoms. The lowest BCUT2D eigenvalue weighted by Gasteiger charge is -2.33. The molecule has 1 saturated heterocycles. The molecule has 156 valence electrons. The molecule has 2 rings (SSSR count). The van der Waals surface area contributed by atoms with Crippen LogP contribution in [0.25, 0.3) is 0 Å². The van der Waals surface area contributed by atoms with Gasteiger partial charge in [0.1, 0.15) is 11.1 Å². The number of benzene rings is 1. The Morgan fingerprint density at radius 1 is 1.18 bits per heavy atom. The van der Waals surface area contributed by atoms with Crippen molar-refractivity contribution < 1.29 is 31.7 Å². The van der Waals surface area contributed by atoms with Crippen LogP contribution in [0.4, 0.5) is 4.79 Å². The third kappa shape index (κ3) is 4.82. The number of hydrogen-bond acceptors (Lipinski definition) is 7. The van der Waals surface area contributed by atoms with Crippen LogP contribution >= 0.6 is 0 Å². The lowest BCUT2D eigenvalue weighted by Crippen LogP contribution is -2.52. The molecule has 1 aliphatic heterocycles. The standard InChI is InChI=1S/C19H27NO7S/c1-13-7-9-15(10-8-13)28(23,24)27-14-11-19(5,16(21)25-6)20(12-14)17(22)26-18(2,3)4/h7-10,14H,11-12H2,1-6H3/t14-,19+/m1/s1. The number of carbonyl (C=O) groups is 2. The molecule has 0 N–H and O–H groups in total. The summed E-state index contributed by atoms with van der Waals surface area (Å²) in [6.07, 6.45) is -1.69. The van der Waals surface area contributed by atoms with Gasteiger partial charge < -0.3 is 9.47 Å². The van der Waals surface area contributed by atoms with Gasteiger partial charge in [-0.25, -0.2) is 9.59 Å². The van der Waals surface area contributed by atoms with E-state index in [0.717, 1.165) is 5.56 Å². The third-order valence-corrected chi connectivity index (χ3v) is 5.79. The van der Waals surface area contributed by atoms with Crippen molar-refractivity contribution in [1.82, 2.24) is 4.90 Å². The summed E-state index contributed by atoms with van der Waals surface area (Å²) in [6, 6.07) is 6.22. The van der Waals surface area contributed by atoms with E-state index < -0.39 is 39.4 Å². The minimum absolute atomic E-state index is 0.00795. The number of methoxy groups -OCH3 is 1. The van der Waals surface area contributed by atoms with Crippen LogP contribution in [0, 0.1) is 6.92 Å². The number of rotatable bonds is 4. The molecule has 0 bridgehead atoms. The fourth-order valence-corrected chi connectivity index (χ4v) is 4.10. The van der Waals surface area contributed by atoms with Gasteiger partial charge >= 0.3 is 12.1 Å². The first kappa shape index (κ1) is 22.2. The van der Waals surface area contributed by atoms with Crippen LogP contribution in [0.15, 0.2) is 29.2 Å². The summed E-state index contributed by atoms with van der Waals surface area (Å²) in [5.41, 5.74) is -1.26. The van der Waals surface area contributed by atoms with Gasteiger partial charge in [0.2, 0.25) is 0 Å². The van der Waals surface area contributed by atoms with E-state index in [1.165, 1.54) is 31.1 Å². The molecule has 1 aromatic rings. The molecule has 0 radical (unpaired) electrons. The molecular formula is C19H27NO7S. The van der Waals surface area contributed by atoms with E-state index in [2.05, 4.69) is 0 Å². The molecule has 8 nitrogen and oxygen atoms in total. The maximum atomic E-state index is 12.6. The molecule has 1 heterocycles. The normalized spacial score (nSPS) is 22.8. The minimum atomic E-state index is -4.06. The van der Waals surface area contributed by atoms with Crippen LogP contribution in [-0.2, 0) is 28.6 Å². The maximum absolute atomic E-state index is 12.6. The molecule has 9 heteroatoms. The Kier molecular flexibility index (Phi) is 6.10. The van der Waals surface area contributed by atoms with Gasteiger partial charge in [0.25, 0.3) is 10.1 Å². The second-order valence-electron chi connectivity index (χ2n) is 8.05. The number of esters is 1.